The number of nitro groups is 1. The van der Waals surface area contributed by atoms with Crippen molar-refractivity contribution in [1.82, 2.24) is 0 Å². The van der Waals surface area contributed by atoms with E-state index in [2.05, 4.69) is 0 Å². The highest BCUT2D eigenvalue weighted by Crippen LogP contribution is 2.45. The summed E-state index contributed by atoms with van der Waals surface area (Å²) in [6.07, 6.45) is 1.47. The van der Waals surface area contributed by atoms with Crippen molar-refractivity contribution in [2.75, 3.05) is 4.90 Å². The van der Waals surface area contributed by atoms with Gasteiger partial charge < -0.3 is 0 Å². The van der Waals surface area contributed by atoms with E-state index in [0.29, 0.717) is 35.6 Å². The molecule has 2 aliphatic rings. The number of carbonyl (C=O) groups is 2. The van der Waals surface area contributed by atoms with Gasteiger partial charge in [-0.05, 0) is 42.7 Å². The number of rotatable bonds is 3. The number of amides is 1. The summed E-state index contributed by atoms with van der Waals surface area (Å²) in [6.45, 7) is 0. The summed E-state index contributed by atoms with van der Waals surface area (Å²) in [6, 6.07) is 11.2. The zero-order chi connectivity index (χ0) is 20.7. The van der Waals surface area contributed by atoms with E-state index in [9.17, 15) is 19.7 Å². The molecule has 1 aliphatic heterocycles. The van der Waals surface area contributed by atoms with Gasteiger partial charge in [-0.2, -0.15) is 0 Å². The van der Waals surface area contributed by atoms with Crippen LogP contribution in [0.4, 0.5) is 11.4 Å². The molecule has 0 spiro atoms. The number of benzene rings is 2. The monoisotopic (exact) mass is 430 g/mol. The van der Waals surface area contributed by atoms with Gasteiger partial charge in [-0.1, -0.05) is 35.3 Å². The number of carbonyl (C=O) groups excluding carboxylic acids is 2. The average molecular weight is 431 g/mol. The third-order valence-corrected chi connectivity index (χ3v) is 5.77. The molecule has 0 aromatic heterocycles. The second-order valence-corrected chi connectivity index (χ2v) is 7.94. The van der Waals surface area contributed by atoms with E-state index in [1.54, 1.807) is 18.2 Å². The Morgan fingerprint density at radius 2 is 1.79 bits per heavy atom. The van der Waals surface area contributed by atoms with Gasteiger partial charge in [0.2, 0.25) is 5.91 Å². The highest BCUT2D eigenvalue weighted by atomic mass is 35.5. The van der Waals surface area contributed by atoms with E-state index < -0.39 is 10.8 Å². The van der Waals surface area contributed by atoms with E-state index in [-0.39, 0.29) is 34.5 Å². The standard InChI is InChI=1S/C21H16Cl2N2O4/c22-13-4-1-3-12(9-13)15-11-20(27)24(17-5-2-6-19(26)21(15)17)18-10-14(23)7-8-16(18)25(28)29/h1,3-4,7-10,15H,2,5-6,11H2. The fraction of sp³-hybridized carbons (Fsp3) is 0.238. The Bertz CT molecular complexity index is 1080. The molecule has 1 unspecified atom stereocenters. The van der Waals surface area contributed by atoms with Crippen LogP contribution in [-0.4, -0.2) is 16.6 Å². The first kappa shape index (κ1) is 19.6. The molecule has 2 aromatic carbocycles. The minimum absolute atomic E-state index is 0.0224. The van der Waals surface area contributed by atoms with Gasteiger partial charge in [0.1, 0.15) is 5.69 Å². The molecular formula is C21H16Cl2N2O4. The number of Topliss-reactive ketones (excluding diaryl/α,β-unsaturated/α-hetero) is 1. The second kappa shape index (κ2) is 7.61. The fourth-order valence-electron chi connectivity index (χ4n) is 4.11. The Morgan fingerprint density at radius 3 is 2.52 bits per heavy atom. The Balaban J connectivity index is 1.92. The topological polar surface area (TPSA) is 80.5 Å². The van der Waals surface area contributed by atoms with Gasteiger partial charge in [-0.3, -0.25) is 24.6 Å². The fourth-order valence-corrected chi connectivity index (χ4v) is 4.48. The van der Waals surface area contributed by atoms with Crippen molar-refractivity contribution in [3.63, 3.8) is 0 Å². The molecule has 0 saturated heterocycles. The van der Waals surface area contributed by atoms with Crippen molar-refractivity contribution in [2.24, 2.45) is 0 Å². The first-order chi connectivity index (χ1) is 13.9. The molecule has 0 fully saturated rings. The Kier molecular flexibility index (Phi) is 5.15. The first-order valence-corrected chi connectivity index (χ1v) is 9.91. The molecule has 1 heterocycles. The van der Waals surface area contributed by atoms with Crippen LogP contribution in [0.25, 0.3) is 0 Å². The molecule has 0 N–H and O–H groups in total. The Hall–Kier alpha value is -2.70. The Labute approximate surface area is 176 Å². The summed E-state index contributed by atoms with van der Waals surface area (Å²) in [5.74, 6) is -0.773. The number of nitro benzene ring substituents is 1. The van der Waals surface area contributed by atoms with Crippen molar-refractivity contribution < 1.29 is 14.5 Å². The molecular weight excluding hydrogens is 415 g/mol. The molecule has 0 saturated carbocycles. The van der Waals surface area contributed by atoms with Crippen LogP contribution in [0, 0.1) is 10.1 Å². The quantitative estimate of drug-likeness (QED) is 0.480. The maximum absolute atomic E-state index is 13.2. The lowest BCUT2D eigenvalue weighted by Crippen LogP contribution is -2.40. The maximum atomic E-state index is 13.2. The third-order valence-electron chi connectivity index (χ3n) is 5.30. The van der Waals surface area contributed by atoms with Crippen molar-refractivity contribution in [3.05, 3.63) is 79.5 Å². The molecule has 1 atom stereocenters. The zero-order valence-electron chi connectivity index (χ0n) is 15.2. The summed E-state index contributed by atoms with van der Waals surface area (Å²) < 4.78 is 0. The molecule has 148 valence electrons. The predicted octanol–water partition coefficient (Wildman–Crippen LogP) is 5.43. The van der Waals surface area contributed by atoms with Crippen molar-refractivity contribution in [1.29, 1.82) is 0 Å². The summed E-state index contributed by atoms with van der Waals surface area (Å²) in [4.78, 5) is 38.4. The summed E-state index contributed by atoms with van der Waals surface area (Å²) in [5.41, 5.74) is 1.71. The first-order valence-electron chi connectivity index (χ1n) is 9.15. The SMILES string of the molecule is O=C1CCCC2=C1C(c1cccc(Cl)c1)CC(=O)N2c1cc(Cl)ccc1[N+](=O)[O-]. The van der Waals surface area contributed by atoms with E-state index in [1.165, 1.54) is 23.1 Å². The summed E-state index contributed by atoms with van der Waals surface area (Å²) in [7, 11) is 0. The number of hydrogen-bond donors (Lipinski definition) is 0. The van der Waals surface area contributed by atoms with Crippen LogP contribution in [0.3, 0.4) is 0 Å². The molecule has 4 rings (SSSR count). The average Bonchev–Trinajstić information content (AvgIpc) is 2.67. The number of anilines is 1. The Morgan fingerprint density at radius 1 is 1.03 bits per heavy atom. The van der Waals surface area contributed by atoms with Crippen molar-refractivity contribution in [2.45, 2.75) is 31.6 Å². The molecule has 6 nitrogen and oxygen atoms in total. The number of nitrogens with zero attached hydrogens (tertiary/aromatic N) is 2. The molecule has 1 aliphatic carbocycles. The van der Waals surface area contributed by atoms with Gasteiger partial charge in [0, 0.05) is 46.1 Å². The highest BCUT2D eigenvalue weighted by molar-refractivity contribution is 6.31. The number of ketones is 1. The van der Waals surface area contributed by atoms with Crippen LogP contribution in [-0.2, 0) is 9.59 Å². The minimum Gasteiger partial charge on any atom is -0.294 e. The van der Waals surface area contributed by atoms with Gasteiger partial charge in [0.15, 0.2) is 5.78 Å². The lowest BCUT2D eigenvalue weighted by Gasteiger charge is -2.38. The normalized spacial score (nSPS) is 19.4. The van der Waals surface area contributed by atoms with Gasteiger partial charge in [0.05, 0.1) is 4.92 Å². The van der Waals surface area contributed by atoms with Crippen LogP contribution in [0.15, 0.2) is 53.7 Å². The summed E-state index contributed by atoms with van der Waals surface area (Å²) >= 11 is 12.2. The van der Waals surface area contributed by atoms with Gasteiger partial charge >= 0.3 is 0 Å². The van der Waals surface area contributed by atoms with Crippen LogP contribution >= 0.6 is 23.2 Å². The smallest absolute Gasteiger partial charge is 0.293 e. The van der Waals surface area contributed by atoms with Crippen LogP contribution < -0.4 is 4.90 Å². The molecule has 8 heteroatoms. The van der Waals surface area contributed by atoms with Crippen LogP contribution in [0.2, 0.25) is 10.0 Å². The van der Waals surface area contributed by atoms with E-state index >= 15 is 0 Å². The second-order valence-electron chi connectivity index (χ2n) is 7.07. The number of allylic oxidation sites excluding steroid dienone is 2. The zero-order valence-corrected chi connectivity index (χ0v) is 16.7. The number of halogens is 2. The van der Waals surface area contributed by atoms with Crippen molar-refractivity contribution in [3.8, 4) is 0 Å². The predicted molar refractivity (Wildman–Crippen MR) is 110 cm³/mol. The highest BCUT2D eigenvalue weighted by Gasteiger charge is 2.41. The van der Waals surface area contributed by atoms with Crippen molar-refractivity contribution >= 4 is 46.3 Å². The molecule has 1 amide bonds. The van der Waals surface area contributed by atoms with E-state index in [1.807, 2.05) is 6.07 Å². The summed E-state index contributed by atoms with van der Waals surface area (Å²) in [5, 5.41) is 12.4. The third kappa shape index (κ3) is 3.54. The largest absolute Gasteiger partial charge is 0.294 e. The molecule has 0 radical (unpaired) electrons. The lowest BCUT2D eigenvalue weighted by molar-refractivity contribution is -0.384. The minimum atomic E-state index is -0.549. The van der Waals surface area contributed by atoms with E-state index in [0.717, 1.165) is 5.56 Å². The van der Waals surface area contributed by atoms with Crippen LogP contribution in [0.1, 0.15) is 37.2 Å². The van der Waals surface area contributed by atoms with Crippen LogP contribution in [0.5, 0.6) is 0 Å². The molecule has 0 bridgehead atoms. The molecule has 2 aromatic rings. The van der Waals surface area contributed by atoms with Gasteiger partial charge in [0.25, 0.3) is 5.69 Å². The van der Waals surface area contributed by atoms with Gasteiger partial charge in [-0.25, -0.2) is 0 Å². The van der Waals surface area contributed by atoms with Gasteiger partial charge in [-0.15, -0.1) is 0 Å². The lowest BCUT2D eigenvalue weighted by atomic mass is 9.77. The number of hydrogen-bond acceptors (Lipinski definition) is 4. The molecule has 29 heavy (non-hydrogen) atoms. The van der Waals surface area contributed by atoms with E-state index in [4.69, 9.17) is 23.2 Å². The maximum Gasteiger partial charge on any atom is 0.293 e.